The fourth-order valence-corrected chi connectivity index (χ4v) is 3.91. The van der Waals surface area contributed by atoms with Gasteiger partial charge in [0.15, 0.2) is 5.13 Å². The van der Waals surface area contributed by atoms with E-state index in [0.29, 0.717) is 27.3 Å². The number of aryl methyl sites for hydroxylation is 1. The lowest BCUT2D eigenvalue weighted by Gasteiger charge is -2.05. The third-order valence-corrected chi connectivity index (χ3v) is 5.47. The highest BCUT2D eigenvalue weighted by Crippen LogP contribution is 2.27. The minimum Gasteiger partial charge on any atom is -0.356 e. The van der Waals surface area contributed by atoms with E-state index < -0.39 is 0 Å². The number of carbonyl (C=O) groups excluding carboxylic acids is 2. The number of halogens is 2. The number of anilines is 1. The van der Waals surface area contributed by atoms with Crippen LogP contribution < -0.4 is 10.6 Å². The van der Waals surface area contributed by atoms with Gasteiger partial charge in [0.2, 0.25) is 5.91 Å². The first-order valence-electron chi connectivity index (χ1n) is 8.98. The van der Waals surface area contributed by atoms with Gasteiger partial charge < -0.3 is 5.32 Å². The van der Waals surface area contributed by atoms with E-state index in [1.54, 1.807) is 12.1 Å². The molecule has 2 aromatic carbocycles. The first kappa shape index (κ1) is 21.3. The van der Waals surface area contributed by atoms with E-state index in [4.69, 9.17) is 23.2 Å². The molecule has 0 spiro atoms. The van der Waals surface area contributed by atoms with Gasteiger partial charge in [-0.2, -0.15) is 0 Å². The SMILES string of the molecule is CC(=O)NCCCc1ccc(-c2csc(NC(=O)c3ccc(Cl)cc3Cl)n2)cc1. The summed E-state index contributed by atoms with van der Waals surface area (Å²) in [5, 5.41) is 8.72. The molecule has 8 heteroatoms. The Balaban J connectivity index is 1.60. The number of hydrogen-bond acceptors (Lipinski definition) is 4. The summed E-state index contributed by atoms with van der Waals surface area (Å²) >= 11 is 13.3. The van der Waals surface area contributed by atoms with E-state index >= 15 is 0 Å². The van der Waals surface area contributed by atoms with Crippen LogP contribution >= 0.6 is 34.5 Å². The van der Waals surface area contributed by atoms with E-state index in [1.807, 2.05) is 29.6 Å². The molecule has 5 nitrogen and oxygen atoms in total. The van der Waals surface area contributed by atoms with Crippen LogP contribution in [0.25, 0.3) is 11.3 Å². The number of amides is 2. The molecular formula is C21H19Cl2N3O2S. The molecule has 1 aromatic heterocycles. The lowest BCUT2D eigenvalue weighted by atomic mass is 10.1. The van der Waals surface area contributed by atoms with Gasteiger partial charge in [0.1, 0.15) is 0 Å². The number of nitrogens with one attached hydrogen (secondary N) is 2. The van der Waals surface area contributed by atoms with E-state index in [2.05, 4.69) is 15.6 Å². The minimum absolute atomic E-state index is 0.00916. The van der Waals surface area contributed by atoms with Crippen molar-refractivity contribution in [2.75, 3.05) is 11.9 Å². The lowest BCUT2D eigenvalue weighted by Crippen LogP contribution is -2.21. The number of rotatable bonds is 7. The zero-order chi connectivity index (χ0) is 20.8. The Kier molecular flexibility index (Phi) is 7.25. The van der Waals surface area contributed by atoms with Gasteiger partial charge in [0.25, 0.3) is 5.91 Å². The zero-order valence-corrected chi connectivity index (χ0v) is 18.0. The molecule has 0 fully saturated rings. The first-order chi connectivity index (χ1) is 13.9. The Morgan fingerprint density at radius 1 is 1.10 bits per heavy atom. The maximum Gasteiger partial charge on any atom is 0.258 e. The fraction of sp³-hybridized carbons (Fsp3) is 0.190. The second-order valence-electron chi connectivity index (χ2n) is 6.40. The van der Waals surface area contributed by atoms with Gasteiger partial charge in [-0.05, 0) is 36.6 Å². The van der Waals surface area contributed by atoms with Gasteiger partial charge in [-0.1, -0.05) is 47.5 Å². The summed E-state index contributed by atoms with van der Waals surface area (Å²) in [4.78, 5) is 27.8. The van der Waals surface area contributed by atoms with E-state index in [9.17, 15) is 9.59 Å². The second kappa shape index (κ2) is 9.87. The topological polar surface area (TPSA) is 71.1 Å². The van der Waals surface area contributed by atoms with Crippen LogP contribution in [0.3, 0.4) is 0 Å². The first-order valence-corrected chi connectivity index (χ1v) is 10.6. The van der Waals surface area contributed by atoms with E-state index in [1.165, 1.54) is 29.9 Å². The number of hydrogen-bond donors (Lipinski definition) is 2. The normalized spacial score (nSPS) is 10.6. The maximum absolute atomic E-state index is 12.4. The molecule has 2 amide bonds. The molecular weight excluding hydrogens is 429 g/mol. The summed E-state index contributed by atoms with van der Waals surface area (Å²) in [7, 11) is 0. The number of thiazole rings is 1. The largest absolute Gasteiger partial charge is 0.356 e. The highest BCUT2D eigenvalue weighted by Gasteiger charge is 2.13. The molecule has 0 unspecified atom stereocenters. The van der Waals surface area contributed by atoms with Crippen molar-refractivity contribution in [2.45, 2.75) is 19.8 Å². The number of nitrogens with zero attached hydrogens (tertiary/aromatic N) is 1. The average Bonchev–Trinajstić information content (AvgIpc) is 3.14. The van der Waals surface area contributed by atoms with Gasteiger partial charge in [0.05, 0.1) is 16.3 Å². The summed E-state index contributed by atoms with van der Waals surface area (Å²) in [6.45, 7) is 2.19. The summed E-state index contributed by atoms with van der Waals surface area (Å²) in [5.74, 6) is -0.341. The van der Waals surface area contributed by atoms with Crippen LogP contribution in [0, 0.1) is 0 Å². The molecule has 0 atom stereocenters. The monoisotopic (exact) mass is 447 g/mol. The van der Waals surface area contributed by atoms with Crippen LogP contribution in [0.15, 0.2) is 47.8 Å². The number of carbonyl (C=O) groups is 2. The lowest BCUT2D eigenvalue weighted by molar-refractivity contribution is -0.118. The molecule has 150 valence electrons. The van der Waals surface area contributed by atoms with Crippen molar-refractivity contribution in [3.63, 3.8) is 0 Å². The molecule has 2 N–H and O–H groups in total. The van der Waals surface area contributed by atoms with Crippen molar-refractivity contribution in [3.8, 4) is 11.3 Å². The fourth-order valence-electron chi connectivity index (χ4n) is 2.70. The Bertz CT molecular complexity index is 1020. The molecule has 0 radical (unpaired) electrons. The average molecular weight is 448 g/mol. The van der Waals surface area contributed by atoms with Gasteiger partial charge in [-0.3, -0.25) is 14.9 Å². The van der Waals surface area contributed by atoms with Gasteiger partial charge >= 0.3 is 0 Å². The van der Waals surface area contributed by atoms with Crippen molar-refractivity contribution in [2.24, 2.45) is 0 Å². The summed E-state index contributed by atoms with van der Waals surface area (Å²) in [5.41, 5.74) is 3.30. The van der Waals surface area contributed by atoms with Crippen molar-refractivity contribution in [1.82, 2.24) is 10.3 Å². The zero-order valence-electron chi connectivity index (χ0n) is 15.7. The summed E-state index contributed by atoms with van der Waals surface area (Å²) < 4.78 is 0. The molecule has 0 bridgehead atoms. The quantitative estimate of drug-likeness (QED) is 0.473. The smallest absolute Gasteiger partial charge is 0.258 e. The highest BCUT2D eigenvalue weighted by molar-refractivity contribution is 7.14. The highest BCUT2D eigenvalue weighted by atomic mass is 35.5. The molecule has 0 aliphatic carbocycles. The predicted molar refractivity (Wildman–Crippen MR) is 119 cm³/mol. The molecule has 0 saturated heterocycles. The Hall–Kier alpha value is -2.41. The van der Waals surface area contributed by atoms with Gasteiger partial charge in [-0.15, -0.1) is 11.3 Å². The van der Waals surface area contributed by atoms with Crippen molar-refractivity contribution >= 4 is 51.5 Å². The predicted octanol–water partition coefficient (Wildman–Crippen LogP) is 5.44. The molecule has 0 aliphatic rings. The maximum atomic E-state index is 12.4. The molecule has 0 aliphatic heterocycles. The van der Waals surface area contributed by atoms with Crippen LogP contribution in [0.5, 0.6) is 0 Å². The number of benzene rings is 2. The molecule has 3 aromatic rings. The molecule has 29 heavy (non-hydrogen) atoms. The van der Waals surface area contributed by atoms with Crippen molar-refractivity contribution in [1.29, 1.82) is 0 Å². The Morgan fingerprint density at radius 2 is 1.86 bits per heavy atom. The van der Waals surface area contributed by atoms with Crippen molar-refractivity contribution < 1.29 is 9.59 Å². The summed E-state index contributed by atoms with van der Waals surface area (Å²) in [6.07, 6.45) is 1.78. The molecule has 1 heterocycles. The van der Waals surface area contributed by atoms with Crippen molar-refractivity contribution in [3.05, 3.63) is 69.0 Å². The molecule has 0 saturated carbocycles. The Labute approximate surface area is 183 Å². The minimum atomic E-state index is -0.331. The van der Waals surface area contributed by atoms with E-state index in [0.717, 1.165) is 24.1 Å². The summed E-state index contributed by atoms with van der Waals surface area (Å²) in [6, 6.07) is 12.8. The third kappa shape index (κ3) is 6.03. The van der Waals surface area contributed by atoms with Crippen LogP contribution in [0.1, 0.15) is 29.3 Å². The van der Waals surface area contributed by atoms with Gasteiger partial charge in [-0.25, -0.2) is 4.98 Å². The van der Waals surface area contributed by atoms with Crippen LogP contribution in [0.4, 0.5) is 5.13 Å². The van der Waals surface area contributed by atoms with Crippen LogP contribution in [-0.4, -0.2) is 23.3 Å². The number of aromatic nitrogens is 1. The third-order valence-electron chi connectivity index (χ3n) is 4.17. The second-order valence-corrected chi connectivity index (χ2v) is 8.10. The van der Waals surface area contributed by atoms with Crippen LogP contribution in [0.2, 0.25) is 10.0 Å². The molecule has 3 rings (SSSR count). The van der Waals surface area contributed by atoms with E-state index in [-0.39, 0.29) is 11.8 Å². The Morgan fingerprint density at radius 3 is 2.55 bits per heavy atom. The van der Waals surface area contributed by atoms with Gasteiger partial charge in [0, 0.05) is 29.4 Å². The standard InChI is InChI=1S/C21H19Cl2N3O2S/c1-13(27)24-10-2-3-14-4-6-15(7-5-14)19-12-29-21(25-19)26-20(28)17-9-8-16(22)11-18(17)23/h4-9,11-12H,2-3,10H2,1H3,(H,24,27)(H,25,26,28). The van der Waals surface area contributed by atoms with Crippen LogP contribution in [-0.2, 0) is 11.2 Å².